The van der Waals surface area contributed by atoms with E-state index in [4.69, 9.17) is 9.47 Å². The number of para-hydroxylation sites is 1. The molecule has 0 bridgehead atoms. The molecule has 1 rings (SSSR count). The van der Waals surface area contributed by atoms with Crippen LogP contribution in [0.4, 0.5) is 5.69 Å². The van der Waals surface area contributed by atoms with Crippen LogP contribution in [0.3, 0.4) is 0 Å². The molecule has 0 saturated heterocycles. The maximum absolute atomic E-state index is 11.9. The second-order valence-corrected chi connectivity index (χ2v) is 4.12. The van der Waals surface area contributed by atoms with Gasteiger partial charge in [-0.2, -0.15) is 0 Å². The largest absolute Gasteiger partial charge is 0.485 e. The van der Waals surface area contributed by atoms with Gasteiger partial charge < -0.3 is 14.8 Å². The number of anilines is 1. The fourth-order valence-electron chi connectivity index (χ4n) is 1.48. The number of ether oxygens (including phenoxy) is 2. The highest BCUT2D eigenvalue weighted by Gasteiger charge is 2.15. The predicted octanol–water partition coefficient (Wildman–Crippen LogP) is 2.50. The van der Waals surface area contributed by atoms with E-state index in [-0.39, 0.29) is 5.91 Å². The van der Waals surface area contributed by atoms with Crippen molar-refractivity contribution in [3.05, 3.63) is 42.2 Å². The van der Waals surface area contributed by atoms with E-state index in [1.165, 1.54) is 6.08 Å². The maximum atomic E-state index is 11.9. The van der Waals surface area contributed by atoms with Gasteiger partial charge in [-0.1, -0.05) is 18.2 Å². The summed E-state index contributed by atoms with van der Waals surface area (Å²) in [4.78, 5) is 23.1. The molecule has 5 nitrogen and oxygen atoms in total. The smallest absolute Gasteiger partial charge is 0.334 e. The van der Waals surface area contributed by atoms with Gasteiger partial charge in [0.1, 0.15) is 5.76 Å². The van der Waals surface area contributed by atoms with Gasteiger partial charge in [-0.05, 0) is 32.9 Å². The Labute approximate surface area is 118 Å². The summed E-state index contributed by atoms with van der Waals surface area (Å²) < 4.78 is 10.1. The van der Waals surface area contributed by atoms with Crippen LogP contribution in [0.5, 0.6) is 0 Å². The first-order valence-corrected chi connectivity index (χ1v) is 6.40. The normalized spacial score (nSPS) is 12.4. The lowest BCUT2D eigenvalue weighted by atomic mass is 10.3. The van der Waals surface area contributed by atoms with Crippen molar-refractivity contribution in [3.8, 4) is 0 Å². The van der Waals surface area contributed by atoms with Crippen LogP contribution in [-0.4, -0.2) is 24.6 Å². The van der Waals surface area contributed by atoms with Crippen molar-refractivity contribution in [2.45, 2.75) is 26.9 Å². The van der Waals surface area contributed by atoms with Crippen molar-refractivity contribution >= 4 is 17.6 Å². The minimum absolute atomic E-state index is 0.284. The molecule has 0 saturated carbocycles. The van der Waals surface area contributed by atoms with Gasteiger partial charge in [-0.3, -0.25) is 4.79 Å². The molecule has 1 aromatic rings. The van der Waals surface area contributed by atoms with Crippen molar-refractivity contribution in [2.75, 3.05) is 11.9 Å². The predicted molar refractivity (Wildman–Crippen MR) is 76.0 cm³/mol. The first-order valence-electron chi connectivity index (χ1n) is 6.40. The number of carbonyl (C=O) groups is 2. The minimum atomic E-state index is -0.708. The molecule has 108 valence electrons. The Morgan fingerprint density at radius 1 is 1.30 bits per heavy atom. The summed E-state index contributed by atoms with van der Waals surface area (Å²) in [6.07, 6.45) is 0.511. The zero-order valence-corrected chi connectivity index (χ0v) is 11.9. The van der Waals surface area contributed by atoms with Crippen LogP contribution in [-0.2, 0) is 19.1 Å². The Bertz CT molecular complexity index is 482. The molecular weight excluding hydrogens is 258 g/mol. The number of allylic oxidation sites excluding steroid dienone is 1. The standard InChI is InChI=1S/C15H19NO4/c1-4-19-14(17)10-11(2)20-12(3)15(18)16-13-8-6-5-7-9-13/h5-10,12H,4H2,1-3H3,(H,16,18)/b11-10+. The number of hydrogen-bond acceptors (Lipinski definition) is 4. The van der Waals surface area contributed by atoms with Crippen LogP contribution >= 0.6 is 0 Å². The summed E-state index contributed by atoms with van der Waals surface area (Å²) in [5.41, 5.74) is 0.694. The number of amides is 1. The van der Waals surface area contributed by atoms with E-state index in [2.05, 4.69) is 5.32 Å². The second-order valence-electron chi connectivity index (χ2n) is 4.12. The molecule has 0 aliphatic heterocycles. The highest BCUT2D eigenvalue weighted by Crippen LogP contribution is 2.08. The van der Waals surface area contributed by atoms with Gasteiger partial charge in [0, 0.05) is 5.69 Å². The van der Waals surface area contributed by atoms with E-state index >= 15 is 0 Å². The second kappa shape index (κ2) is 7.99. The third kappa shape index (κ3) is 5.56. The molecule has 0 radical (unpaired) electrons. The summed E-state index contributed by atoms with van der Waals surface area (Å²) >= 11 is 0. The van der Waals surface area contributed by atoms with Crippen LogP contribution in [0.2, 0.25) is 0 Å². The Morgan fingerprint density at radius 2 is 1.95 bits per heavy atom. The van der Waals surface area contributed by atoms with Gasteiger partial charge >= 0.3 is 5.97 Å². The molecule has 0 fully saturated rings. The molecule has 1 aromatic carbocycles. The molecular formula is C15H19NO4. The van der Waals surface area contributed by atoms with Crippen LogP contribution in [0.25, 0.3) is 0 Å². The zero-order chi connectivity index (χ0) is 15.0. The fraction of sp³-hybridized carbons (Fsp3) is 0.333. The minimum Gasteiger partial charge on any atom is -0.485 e. The molecule has 20 heavy (non-hydrogen) atoms. The first kappa shape index (κ1) is 15.8. The van der Waals surface area contributed by atoms with E-state index < -0.39 is 12.1 Å². The quantitative estimate of drug-likeness (QED) is 0.493. The molecule has 1 unspecified atom stereocenters. The summed E-state index contributed by atoms with van der Waals surface area (Å²) in [5, 5.41) is 2.72. The molecule has 0 heterocycles. The molecule has 1 amide bonds. The lowest BCUT2D eigenvalue weighted by Crippen LogP contribution is -2.27. The maximum Gasteiger partial charge on any atom is 0.334 e. The highest BCUT2D eigenvalue weighted by atomic mass is 16.5. The molecule has 1 N–H and O–H groups in total. The van der Waals surface area contributed by atoms with Crippen molar-refractivity contribution in [3.63, 3.8) is 0 Å². The SMILES string of the molecule is CCOC(=O)/C=C(\C)OC(C)C(=O)Nc1ccccc1. The van der Waals surface area contributed by atoms with E-state index in [1.807, 2.05) is 18.2 Å². The number of rotatable bonds is 6. The Balaban J connectivity index is 2.51. The number of nitrogens with one attached hydrogen (secondary N) is 1. The molecule has 0 aliphatic rings. The summed E-state index contributed by atoms with van der Waals surface area (Å²) in [7, 11) is 0. The van der Waals surface area contributed by atoms with Crippen molar-refractivity contribution in [1.29, 1.82) is 0 Å². The zero-order valence-electron chi connectivity index (χ0n) is 11.9. The summed E-state index contributed by atoms with van der Waals surface area (Å²) in [6.45, 7) is 5.23. The van der Waals surface area contributed by atoms with Crippen molar-refractivity contribution < 1.29 is 19.1 Å². The van der Waals surface area contributed by atoms with Crippen molar-refractivity contribution in [2.24, 2.45) is 0 Å². The monoisotopic (exact) mass is 277 g/mol. The lowest BCUT2D eigenvalue weighted by molar-refractivity contribution is -0.137. The summed E-state index contributed by atoms with van der Waals surface area (Å²) in [6, 6.07) is 9.08. The molecule has 0 spiro atoms. The number of hydrogen-bond donors (Lipinski definition) is 1. The number of carbonyl (C=O) groups excluding carboxylic acids is 2. The molecule has 0 aliphatic carbocycles. The van der Waals surface area contributed by atoms with Crippen LogP contribution in [0.1, 0.15) is 20.8 Å². The van der Waals surface area contributed by atoms with Gasteiger partial charge in [0.05, 0.1) is 12.7 Å². The van der Waals surface area contributed by atoms with Crippen LogP contribution < -0.4 is 5.32 Å². The van der Waals surface area contributed by atoms with Gasteiger partial charge in [0.2, 0.25) is 0 Å². The average Bonchev–Trinajstić information content (AvgIpc) is 2.39. The Morgan fingerprint density at radius 3 is 2.55 bits per heavy atom. The third-order valence-corrected chi connectivity index (χ3v) is 2.38. The molecule has 0 aromatic heterocycles. The topological polar surface area (TPSA) is 64.6 Å². The van der Waals surface area contributed by atoms with E-state index in [0.717, 1.165) is 0 Å². The Kier molecular flexibility index (Phi) is 6.29. The van der Waals surface area contributed by atoms with E-state index in [0.29, 0.717) is 18.1 Å². The lowest BCUT2D eigenvalue weighted by Gasteiger charge is -2.14. The van der Waals surface area contributed by atoms with Gasteiger partial charge in [-0.15, -0.1) is 0 Å². The molecule has 1 atom stereocenters. The molecule has 5 heteroatoms. The van der Waals surface area contributed by atoms with Gasteiger partial charge in [-0.25, -0.2) is 4.79 Å². The number of esters is 1. The van der Waals surface area contributed by atoms with E-state index in [1.54, 1.807) is 32.9 Å². The van der Waals surface area contributed by atoms with Crippen molar-refractivity contribution in [1.82, 2.24) is 0 Å². The first-order chi connectivity index (χ1) is 9.52. The van der Waals surface area contributed by atoms with Crippen LogP contribution in [0.15, 0.2) is 42.2 Å². The highest BCUT2D eigenvalue weighted by molar-refractivity contribution is 5.94. The average molecular weight is 277 g/mol. The number of benzene rings is 1. The Hall–Kier alpha value is -2.30. The fourth-order valence-corrected chi connectivity index (χ4v) is 1.48. The van der Waals surface area contributed by atoms with Crippen LogP contribution in [0, 0.1) is 0 Å². The summed E-state index contributed by atoms with van der Waals surface area (Å²) in [5.74, 6) is -0.437. The van der Waals surface area contributed by atoms with E-state index in [9.17, 15) is 9.59 Å². The third-order valence-electron chi connectivity index (χ3n) is 2.38. The van der Waals surface area contributed by atoms with Gasteiger partial charge in [0.15, 0.2) is 6.10 Å². The van der Waals surface area contributed by atoms with Gasteiger partial charge in [0.25, 0.3) is 5.91 Å².